The summed E-state index contributed by atoms with van der Waals surface area (Å²) in [6, 6.07) is 0. The third kappa shape index (κ3) is 16.6. The molecule has 0 unspecified atom stereocenters. The summed E-state index contributed by atoms with van der Waals surface area (Å²) in [5.41, 5.74) is -0.567. The normalized spacial score (nSPS) is 11.3. The van der Waals surface area contributed by atoms with Gasteiger partial charge in [-0.25, -0.2) is 4.79 Å². The zero-order valence-corrected chi connectivity index (χ0v) is 18.5. The molecule has 0 spiro atoms. The second kappa shape index (κ2) is 15.8. The summed E-state index contributed by atoms with van der Waals surface area (Å²) in [6.45, 7) is 8.20. The Morgan fingerprint density at radius 2 is 1.22 bits per heavy atom. The maximum atomic E-state index is 12.2. The third-order valence-electron chi connectivity index (χ3n) is 4.48. The van der Waals surface area contributed by atoms with Gasteiger partial charge in [0.1, 0.15) is 12.1 Å². The van der Waals surface area contributed by atoms with Gasteiger partial charge in [0.05, 0.1) is 7.11 Å². The van der Waals surface area contributed by atoms with E-state index in [4.69, 9.17) is 4.74 Å². The van der Waals surface area contributed by atoms with Gasteiger partial charge in [0.2, 0.25) is 0 Å². The number of nitrogens with zero attached hydrogens (tertiary/aromatic N) is 1. The summed E-state index contributed by atoms with van der Waals surface area (Å²) in [5, 5.41) is 0. The molecule has 0 fully saturated rings. The summed E-state index contributed by atoms with van der Waals surface area (Å²) < 4.78 is 10.1. The highest BCUT2D eigenvalue weighted by atomic mass is 16.6. The van der Waals surface area contributed by atoms with E-state index in [1.165, 1.54) is 76.2 Å². The first-order valence-corrected chi connectivity index (χ1v) is 10.8. The largest absolute Gasteiger partial charge is 0.468 e. The molecule has 0 aliphatic heterocycles. The molecule has 0 atom stereocenters. The van der Waals surface area contributed by atoms with Gasteiger partial charge in [-0.15, -0.1) is 0 Å². The Hall–Kier alpha value is -1.26. The topological polar surface area (TPSA) is 55.8 Å². The average Bonchev–Trinajstić information content (AvgIpc) is 2.59. The molecule has 0 saturated heterocycles. The maximum Gasteiger partial charge on any atom is 0.410 e. The Morgan fingerprint density at radius 1 is 0.778 bits per heavy atom. The maximum absolute atomic E-state index is 12.2. The molecular weight excluding hydrogens is 342 g/mol. The van der Waals surface area contributed by atoms with Crippen LogP contribution in [0.25, 0.3) is 0 Å². The lowest BCUT2D eigenvalue weighted by atomic mass is 10.1. The van der Waals surface area contributed by atoms with E-state index in [-0.39, 0.29) is 6.54 Å². The molecule has 5 heteroatoms. The zero-order valence-electron chi connectivity index (χ0n) is 18.5. The summed E-state index contributed by atoms with van der Waals surface area (Å²) in [5.74, 6) is -0.417. The van der Waals surface area contributed by atoms with E-state index in [1.807, 2.05) is 20.8 Å². The highest BCUT2D eigenvalue weighted by Crippen LogP contribution is 2.13. The van der Waals surface area contributed by atoms with Gasteiger partial charge in [-0.05, 0) is 27.2 Å². The molecule has 1 amide bonds. The minimum atomic E-state index is -0.567. The standard InChI is InChI=1S/C22H43NO4/c1-6-7-8-9-10-11-12-13-14-15-16-17-18-23(19-20(24)26-5)21(25)27-22(2,3)4/h6-19H2,1-5H3. The van der Waals surface area contributed by atoms with Crippen molar-refractivity contribution in [1.29, 1.82) is 0 Å². The number of carbonyl (C=O) groups is 2. The second-order valence-corrected chi connectivity index (χ2v) is 8.37. The second-order valence-electron chi connectivity index (χ2n) is 8.37. The van der Waals surface area contributed by atoms with Gasteiger partial charge in [-0.3, -0.25) is 9.69 Å². The van der Waals surface area contributed by atoms with Crippen molar-refractivity contribution < 1.29 is 19.1 Å². The summed E-state index contributed by atoms with van der Waals surface area (Å²) >= 11 is 0. The van der Waals surface area contributed by atoms with Gasteiger partial charge in [-0.2, -0.15) is 0 Å². The average molecular weight is 386 g/mol. The van der Waals surface area contributed by atoms with Gasteiger partial charge in [0.15, 0.2) is 0 Å². The van der Waals surface area contributed by atoms with Crippen molar-refractivity contribution in [1.82, 2.24) is 4.90 Å². The number of esters is 1. The van der Waals surface area contributed by atoms with Crippen molar-refractivity contribution in [3.63, 3.8) is 0 Å². The van der Waals surface area contributed by atoms with Gasteiger partial charge in [0.25, 0.3) is 0 Å². The van der Waals surface area contributed by atoms with E-state index >= 15 is 0 Å². The molecule has 5 nitrogen and oxygen atoms in total. The Morgan fingerprint density at radius 3 is 1.63 bits per heavy atom. The molecule has 0 saturated carbocycles. The number of ether oxygens (including phenoxy) is 2. The predicted octanol–water partition coefficient (Wildman–Crippen LogP) is 6.10. The van der Waals surface area contributed by atoms with Crippen LogP contribution in [0.2, 0.25) is 0 Å². The van der Waals surface area contributed by atoms with Gasteiger partial charge in [-0.1, -0.05) is 77.6 Å². The third-order valence-corrected chi connectivity index (χ3v) is 4.48. The molecule has 27 heavy (non-hydrogen) atoms. The quantitative estimate of drug-likeness (QED) is 0.252. The van der Waals surface area contributed by atoms with E-state index in [0.29, 0.717) is 6.54 Å². The number of carbonyl (C=O) groups excluding carboxylic acids is 2. The first-order chi connectivity index (χ1) is 12.8. The summed E-state index contributed by atoms with van der Waals surface area (Å²) in [4.78, 5) is 25.2. The fourth-order valence-electron chi connectivity index (χ4n) is 2.93. The molecular formula is C22H43NO4. The number of unbranched alkanes of at least 4 members (excludes halogenated alkanes) is 11. The Kier molecular flexibility index (Phi) is 15.0. The number of hydrogen-bond donors (Lipinski definition) is 0. The van der Waals surface area contributed by atoms with Crippen molar-refractivity contribution in [3.8, 4) is 0 Å². The van der Waals surface area contributed by atoms with Gasteiger partial charge in [0, 0.05) is 6.54 Å². The molecule has 0 bridgehead atoms. The number of rotatable bonds is 15. The number of methoxy groups -OCH3 is 1. The first-order valence-electron chi connectivity index (χ1n) is 10.8. The monoisotopic (exact) mass is 385 g/mol. The molecule has 0 N–H and O–H groups in total. The lowest BCUT2D eigenvalue weighted by molar-refractivity contribution is -0.141. The van der Waals surface area contributed by atoms with Crippen molar-refractivity contribution in [2.75, 3.05) is 20.2 Å². The molecule has 0 radical (unpaired) electrons. The van der Waals surface area contributed by atoms with Crippen molar-refractivity contribution in [3.05, 3.63) is 0 Å². The Labute approximate surface area is 167 Å². The van der Waals surface area contributed by atoms with Crippen LogP contribution in [0, 0.1) is 0 Å². The molecule has 0 aromatic heterocycles. The van der Waals surface area contributed by atoms with Gasteiger partial charge >= 0.3 is 12.1 Å². The molecule has 0 aromatic carbocycles. The van der Waals surface area contributed by atoms with E-state index in [9.17, 15) is 9.59 Å². The molecule has 160 valence electrons. The van der Waals surface area contributed by atoms with Crippen LogP contribution < -0.4 is 0 Å². The highest BCUT2D eigenvalue weighted by molar-refractivity contribution is 5.78. The van der Waals surface area contributed by atoms with Crippen LogP contribution in [0.5, 0.6) is 0 Å². The fourth-order valence-corrected chi connectivity index (χ4v) is 2.93. The first kappa shape index (κ1) is 25.7. The van der Waals surface area contributed by atoms with Crippen molar-refractivity contribution >= 4 is 12.1 Å². The minimum Gasteiger partial charge on any atom is -0.468 e. The number of amides is 1. The fraction of sp³-hybridized carbons (Fsp3) is 0.909. The van der Waals surface area contributed by atoms with Crippen molar-refractivity contribution in [2.45, 2.75) is 110 Å². The van der Waals surface area contributed by atoms with Crippen LogP contribution in [-0.2, 0) is 14.3 Å². The zero-order chi connectivity index (χ0) is 20.5. The predicted molar refractivity (Wildman–Crippen MR) is 111 cm³/mol. The van der Waals surface area contributed by atoms with Crippen molar-refractivity contribution in [2.24, 2.45) is 0 Å². The van der Waals surface area contributed by atoms with E-state index in [0.717, 1.165) is 12.8 Å². The van der Waals surface area contributed by atoms with E-state index in [2.05, 4.69) is 11.7 Å². The smallest absolute Gasteiger partial charge is 0.410 e. The van der Waals surface area contributed by atoms with Crippen LogP contribution in [0.1, 0.15) is 105 Å². The number of hydrogen-bond acceptors (Lipinski definition) is 4. The minimum absolute atomic E-state index is 0.0521. The van der Waals surface area contributed by atoms with Gasteiger partial charge < -0.3 is 9.47 Å². The Balaban J connectivity index is 3.86. The molecule has 0 aromatic rings. The van der Waals surface area contributed by atoms with Crippen LogP contribution >= 0.6 is 0 Å². The molecule has 0 rings (SSSR count). The SMILES string of the molecule is CCCCCCCCCCCCCCN(CC(=O)OC)C(=O)OC(C)(C)C. The summed E-state index contributed by atoms with van der Waals surface area (Å²) in [6.07, 6.45) is 14.7. The lowest BCUT2D eigenvalue weighted by Crippen LogP contribution is -2.40. The van der Waals surface area contributed by atoms with Crippen LogP contribution in [0.3, 0.4) is 0 Å². The summed E-state index contributed by atoms with van der Waals surface area (Å²) in [7, 11) is 1.33. The van der Waals surface area contributed by atoms with E-state index in [1.54, 1.807) is 0 Å². The van der Waals surface area contributed by atoms with E-state index < -0.39 is 17.7 Å². The molecule has 0 aliphatic carbocycles. The lowest BCUT2D eigenvalue weighted by Gasteiger charge is -2.26. The molecule has 0 heterocycles. The highest BCUT2D eigenvalue weighted by Gasteiger charge is 2.23. The van der Waals surface area contributed by atoms with Crippen LogP contribution in [0.15, 0.2) is 0 Å². The van der Waals surface area contributed by atoms with Crippen LogP contribution in [-0.4, -0.2) is 42.8 Å². The van der Waals surface area contributed by atoms with Crippen LogP contribution in [0.4, 0.5) is 4.79 Å². The molecule has 0 aliphatic rings. The Bertz CT molecular complexity index is 390.